The molecule has 4 nitrogen and oxygen atoms in total. The second kappa shape index (κ2) is 5.21. The Bertz CT molecular complexity index is 487. The summed E-state index contributed by atoms with van der Waals surface area (Å²) in [7, 11) is 0. The number of carbonyl (C=O) groups excluding carboxylic acids is 1. The number of likely N-dealkylation sites (tertiary alicyclic amines) is 1. The molecule has 0 aromatic heterocycles. The van der Waals surface area contributed by atoms with Crippen LogP contribution in [0.1, 0.15) is 31.5 Å². The number of aliphatic carboxylic acids is 1. The molecular formula is C14H17NO3. The van der Waals surface area contributed by atoms with Gasteiger partial charge in [0.1, 0.15) is 0 Å². The first-order valence-corrected chi connectivity index (χ1v) is 6.01. The summed E-state index contributed by atoms with van der Waals surface area (Å²) in [6.45, 7) is 1.91. The summed E-state index contributed by atoms with van der Waals surface area (Å²) >= 11 is 0. The zero-order valence-electron chi connectivity index (χ0n) is 11.3. The molecule has 1 saturated heterocycles. The van der Waals surface area contributed by atoms with Crippen molar-refractivity contribution in [1.29, 1.82) is 0 Å². The Balaban J connectivity index is 2.18. The Labute approximate surface area is 108 Å². The topological polar surface area (TPSA) is 57.6 Å². The van der Waals surface area contributed by atoms with Gasteiger partial charge in [0.05, 0.1) is 7.29 Å². The second-order valence-electron chi connectivity index (χ2n) is 4.59. The van der Waals surface area contributed by atoms with Crippen molar-refractivity contribution in [2.24, 2.45) is 5.92 Å². The van der Waals surface area contributed by atoms with Crippen LogP contribution in [0.2, 0.25) is 0 Å². The average Bonchev–Trinajstić information content (AvgIpc) is 2.37. The predicted octanol–water partition coefficient (Wildman–Crippen LogP) is 2.01. The number of hydrogen-bond donors (Lipinski definition) is 1. The monoisotopic (exact) mass is 248 g/mol. The first-order chi connectivity index (χ1) is 8.92. The van der Waals surface area contributed by atoms with E-state index < -0.39 is 17.9 Å². The van der Waals surface area contributed by atoms with Crippen LogP contribution in [-0.2, 0) is 4.79 Å². The summed E-state index contributed by atoms with van der Waals surface area (Å²) in [4.78, 5) is 24.8. The van der Waals surface area contributed by atoms with Crippen LogP contribution in [0.5, 0.6) is 0 Å². The summed E-state index contributed by atoms with van der Waals surface area (Å²) in [5, 5.41) is 9.03. The first-order valence-electron chi connectivity index (χ1n) is 6.51. The fraction of sp³-hybridized carbons (Fsp3) is 0.429. The number of nitrogens with zero attached hydrogens (tertiary/aromatic N) is 1. The van der Waals surface area contributed by atoms with Crippen LogP contribution in [0.3, 0.4) is 0 Å². The van der Waals surface area contributed by atoms with E-state index in [1.807, 2.05) is 6.07 Å². The van der Waals surface area contributed by atoms with Crippen LogP contribution in [0.4, 0.5) is 0 Å². The number of carboxylic acid groups (broad SMARTS) is 1. The van der Waals surface area contributed by atoms with Crippen LogP contribution in [0.25, 0.3) is 0 Å². The first kappa shape index (κ1) is 11.3. The van der Waals surface area contributed by atoms with Gasteiger partial charge in [-0.25, -0.2) is 0 Å². The van der Waals surface area contributed by atoms with Crippen molar-refractivity contribution >= 4 is 11.9 Å². The highest BCUT2D eigenvalue weighted by molar-refractivity contribution is 5.94. The van der Waals surface area contributed by atoms with Gasteiger partial charge in [-0.15, -0.1) is 0 Å². The zero-order valence-corrected chi connectivity index (χ0v) is 10.3. The normalized spacial score (nSPS) is 28.6. The minimum atomic E-state index is -1.17. The van der Waals surface area contributed by atoms with E-state index in [9.17, 15) is 9.59 Å². The Morgan fingerprint density at radius 3 is 2.61 bits per heavy atom. The molecule has 2 unspecified atom stereocenters. The van der Waals surface area contributed by atoms with E-state index in [0.717, 1.165) is 0 Å². The van der Waals surface area contributed by atoms with E-state index in [-0.39, 0.29) is 12.3 Å². The van der Waals surface area contributed by atoms with Crippen LogP contribution < -0.4 is 0 Å². The quantitative estimate of drug-likeness (QED) is 0.871. The fourth-order valence-corrected chi connectivity index (χ4v) is 2.27. The molecular weight excluding hydrogens is 230 g/mol. The van der Waals surface area contributed by atoms with Gasteiger partial charge in [-0.2, -0.15) is 0 Å². The van der Waals surface area contributed by atoms with Gasteiger partial charge in [0, 0.05) is 18.1 Å². The molecule has 1 fully saturated rings. The molecule has 0 spiro atoms. The lowest BCUT2D eigenvalue weighted by molar-refractivity contribution is -0.143. The average molecular weight is 248 g/mol. The largest absolute Gasteiger partial charge is 0.481 e. The Morgan fingerprint density at radius 1 is 1.39 bits per heavy atom. The molecule has 96 valence electrons. The number of amides is 1. The molecule has 0 aliphatic carbocycles. The number of piperidine rings is 1. The number of carboxylic acids is 1. The highest BCUT2D eigenvalue weighted by atomic mass is 16.4. The lowest BCUT2D eigenvalue weighted by Gasteiger charge is -2.36. The van der Waals surface area contributed by atoms with Crippen LogP contribution >= 0.6 is 0 Å². The second-order valence-corrected chi connectivity index (χ2v) is 4.59. The molecule has 1 N–H and O–H groups in total. The van der Waals surface area contributed by atoms with Gasteiger partial charge in [-0.3, -0.25) is 9.59 Å². The van der Waals surface area contributed by atoms with E-state index in [0.29, 0.717) is 18.5 Å². The van der Waals surface area contributed by atoms with Gasteiger partial charge in [-0.05, 0) is 31.9 Å². The van der Waals surface area contributed by atoms with Crippen molar-refractivity contribution < 1.29 is 16.1 Å². The molecule has 2 rings (SSSR count). The molecule has 1 heterocycles. The van der Waals surface area contributed by atoms with E-state index in [2.05, 4.69) is 0 Å². The van der Waals surface area contributed by atoms with Gasteiger partial charge < -0.3 is 10.0 Å². The molecule has 18 heavy (non-hydrogen) atoms. The summed E-state index contributed by atoms with van der Waals surface area (Å²) in [6, 6.07) is 7.63. The maximum atomic E-state index is 12.4. The molecule has 1 aliphatic rings. The van der Waals surface area contributed by atoms with Crippen molar-refractivity contribution in [1.82, 2.24) is 4.90 Å². The summed E-state index contributed by atoms with van der Waals surface area (Å²) < 4.78 is 8.23. The minimum absolute atomic E-state index is 0.168. The van der Waals surface area contributed by atoms with Gasteiger partial charge in [0.2, 0.25) is 0 Å². The van der Waals surface area contributed by atoms with Gasteiger partial charge in [-0.1, -0.05) is 18.2 Å². The summed E-state index contributed by atoms with van der Waals surface area (Å²) in [5.41, 5.74) is 0.537. The number of rotatable bonds is 2. The fourth-order valence-electron chi connectivity index (χ4n) is 2.27. The van der Waals surface area contributed by atoms with E-state index in [4.69, 9.17) is 6.48 Å². The van der Waals surface area contributed by atoms with E-state index in [1.54, 1.807) is 31.2 Å². The SMILES string of the molecule is [2H]C1(C)CC(C(=O)O)CCN1C(=O)c1ccccc1. The van der Waals surface area contributed by atoms with E-state index >= 15 is 0 Å². The third-order valence-corrected chi connectivity index (χ3v) is 3.32. The smallest absolute Gasteiger partial charge is 0.306 e. The maximum absolute atomic E-state index is 12.4. The summed E-state index contributed by atoms with van der Waals surface area (Å²) in [6.07, 6.45) is 0.573. The van der Waals surface area contributed by atoms with Crippen LogP contribution in [0.15, 0.2) is 30.3 Å². The van der Waals surface area contributed by atoms with Crippen molar-refractivity contribution in [3.8, 4) is 0 Å². The van der Waals surface area contributed by atoms with Gasteiger partial charge in [0.15, 0.2) is 0 Å². The molecule has 2 atom stereocenters. The zero-order chi connectivity index (χ0) is 14.0. The molecule has 1 aromatic rings. The van der Waals surface area contributed by atoms with E-state index in [1.165, 1.54) is 4.90 Å². The van der Waals surface area contributed by atoms with Gasteiger partial charge >= 0.3 is 5.97 Å². The van der Waals surface area contributed by atoms with Crippen molar-refractivity contribution in [3.05, 3.63) is 35.9 Å². The van der Waals surface area contributed by atoms with Crippen molar-refractivity contribution in [3.63, 3.8) is 0 Å². The Kier molecular flexibility index (Phi) is 3.26. The molecule has 1 aromatic carbocycles. The number of carbonyl (C=O) groups is 2. The molecule has 1 amide bonds. The van der Waals surface area contributed by atoms with Crippen LogP contribution in [-0.4, -0.2) is 34.4 Å². The minimum Gasteiger partial charge on any atom is -0.481 e. The molecule has 0 saturated carbocycles. The third kappa shape index (κ3) is 2.53. The standard InChI is InChI=1S/C14H17NO3/c1-10-9-12(14(17)18)7-8-15(10)13(16)11-5-3-2-4-6-11/h2-6,10,12H,7-9H2,1H3,(H,17,18)/i10D. The predicted molar refractivity (Wildman–Crippen MR) is 67.3 cm³/mol. The van der Waals surface area contributed by atoms with Crippen molar-refractivity contribution in [2.45, 2.75) is 25.8 Å². The third-order valence-electron chi connectivity index (χ3n) is 3.32. The molecule has 0 bridgehead atoms. The highest BCUT2D eigenvalue weighted by Gasteiger charge is 2.32. The number of benzene rings is 1. The highest BCUT2D eigenvalue weighted by Crippen LogP contribution is 2.24. The molecule has 4 heteroatoms. The molecule has 1 aliphatic heterocycles. The summed E-state index contributed by atoms with van der Waals surface area (Å²) in [5.74, 6) is -1.63. The Morgan fingerprint density at radius 2 is 2.06 bits per heavy atom. The lowest BCUT2D eigenvalue weighted by Crippen LogP contribution is -2.46. The van der Waals surface area contributed by atoms with Gasteiger partial charge in [0.25, 0.3) is 5.91 Å². The number of hydrogen-bond acceptors (Lipinski definition) is 2. The maximum Gasteiger partial charge on any atom is 0.306 e. The lowest BCUT2D eigenvalue weighted by atomic mass is 9.91. The Hall–Kier alpha value is -1.84. The van der Waals surface area contributed by atoms with Crippen molar-refractivity contribution in [2.75, 3.05) is 6.54 Å². The van der Waals surface area contributed by atoms with Crippen LogP contribution in [0, 0.1) is 5.92 Å². The molecule has 0 radical (unpaired) electrons.